The van der Waals surface area contributed by atoms with Crippen LogP contribution in [0.15, 0.2) is 18.2 Å². The number of ether oxygens (including phenoxy) is 1. The van der Waals surface area contributed by atoms with E-state index in [2.05, 4.69) is 24.3 Å². The fourth-order valence-corrected chi connectivity index (χ4v) is 2.90. The summed E-state index contributed by atoms with van der Waals surface area (Å²) in [4.78, 5) is 10.6. The van der Waals surface area contributed by atoms with Crippen LogP contribution in [0.3, 0.4) is 0 Å². The predicted octanol–water partition coefficient (Wildman–Crippen LogP) is 2.87. The largest absolute Gasteiger partial charge is 0.490 e. The molecule has 6 heteroatoms. The van der Waals surface area contributed by atoms with Crippen LogP contribution < -0.4 is 10.2 Å². The molecule has 1 N–H and O–H groups in total. The van der Waals surface area contributed by atoms with Gasteiger partial charge in [-0.25, -0.2) is 5.01 Å². The molecule has 2 unspecified atom stereocenters. The van der Waals surface area contributed by atoms with Crippen molar-refractivity contribution in [3.05, 3.63) is 33.9 Å². The van der Waals surface area contributed by atoms with Crippen molar-refractivity contribution >= 4 is 5.69 Å². The minimum Gasteiger partial charge on any atom is -0.490 e. The zero-order valence-corrected chi connectivity index (χ0v) is 12.8. The average molecular weight is 293 g/mol. The van der Waals surface area contributed by atoms with Gasteiger partial charge in [-0.05, 0) is 38.3 Å². The molecule has 0 amide bonds. The summed E-state index contributed by atoms with van der Waals surface area (Å²) in [7, 11) is 1.44. The Kier molecular flexibility index (Phi) is 5.14. The van der Waals surface area contributed by atoms with E-state index in [0.29, 0.717) is 24.4 Å². The van der Waals surface area contributed by atoms with Gasteiger partial charge in [0.15, 0.2) is 5.75 Å². The van der Waals surface area contributed by atoms with Crippen LogP contribution in [0.1, 0.15) is 38.7 Å². The Bertz CT molecular complexity index is 497. The maximum absolute atomic E-state index is 11.0. The highest BCUT2D eigenvalue weighted by atomic mass is 16.6. The molecule has 0 aromatic heterocycles. The molecular weight excluding hydrogens is 270 g/mol. The highest BCUT2D eigenvalue weighted by Crippen LogP contribution is 2.27. The predicted molar refractivity (Wildman–Crippen MR) is 81.1 cm³/mol. The summed E-state index contributed by atoms with van der Waals surface area (Å²) in [5.74, 6) is 0.295. The molecule has 1 aliphatic rings. The fourth-order valence-electron chi connectivity index (χ4n) is 2.90. The van der Waals surface area contributed by atoms with E-state index >= 15 is 0 Å². The Balaban J connectivity index is 2.06. The molecule has 1 aromatic rings. The zero-order chi connectivity index (χ0) is 15.4. The minimum atomic E-state index is -0.408. The number of hydrogen-bond acceptors (Lipinski definition) is 5. The molecule has 2 atom stereocenters. The maximum atomic E-state index is 11.0. The summed E-state index contributed by atoms with van der Waals surface area (Å²) in [5, 5.41) is 13.3. The fraction of sp³-hybridized carbons (Fsp3) is 0.600. The van der Waals surface area contributed by atoms with E-state index in [1.807, 2.05) is 6.07 Å². The minimum absolute atomic E-state index is 0.0107. The van der Waals surface area contributed by atoms with E-state index in [1.54, 1.807) is 12.1 Å². The first-order valence-corrected chi connectivity index (χ1v) is 7.36. The zero-order valence-electron chi connectivity index (χ0n) is 12.8. The van der Waals surface area contributed by atoms with Crippen molar-refractivity contribution in [2.45, 2.75) is 51.7 Å². The molecule has 1 heterocycles. The Morgan fingerprint density at radius 1 is 1.38 bits per heavy atom. The number of benzene rings is 1. The third-order valence-corrected chi connectivity index (χ3v) is 4.10. The lowest BCUT2D eigenvalue weighted by molar-refractivity contribution is -0.385. The van der Waals surface area contributed by atoms with E-state index in [0.717, 1.165) is 5.56 Å². The number of hydrogen-bond donors (Lipinski definition) is 1. The highest BCUT2D eigenvalue weighted by Gasteiger charge is 2.24. The first kappa shape index (κ1) is 15.7. The van der Waals surface area contributed by atoms with Crippen LogP contribution in [0.4, 0.5) is 5.69 Å². The molecule has 21 heavy (non-hydrogen) atoms. The summed E-state index contributed by atoms with van der Waals surface area (Å²) < 4.78 is 5.02. The maximum Gasteiger partial charge on any atom is 0.311 e. The number of rotatable bonds is 5. The normalized spacial score (nSPS) is 23.0. The Labute approximate surface area is 125 Å². The van der Waals surface area contributed by atoms with Crippen LogP contribution in [0.5, 0.6) is 5.75 Å². The Hall–Kier alpha value is -1.66. The summed E-state index contributed by atoms with van der Waals surface area (Å²) in [6.07, 6.45) is 3.62. The average Bonchev–Trinajstić information content (AvgIpc) is 2.46. The summed E-state index contributed by atoms with van der Waals surface area (Å²) in [6.45, 7) is 5.00. The number of nitrogens with one attached hydrogen (secondary N) is 1. The van der Waals surface area contributed by atoms with Crippen molar-refractivity contribution in [1.82, 2.24) is 10.4 Å². The smallest absolute Gasteiger partial charge is 0.311 e. The molecule has 1 fully saturated rings. The van der Waals surface area contributed by atoms with Crippen molar-refractivity contribution in [3.8, 4) is 5.75 Å². The van der Waals surface area contributed by atoms with Gasteiger partial charge in [-0.3, -0.25) is 15.5 Å². The van der Waals surface area contributed by atoms with Crippen molar-refractivity contribution < 1.29 is 9.66 Å². The van der Waals surface area contributed by atoms with Crippen molar-refractivity contribution in [2.75, 3.05) is 7.11 Å². The van der Waals surface area contributed by atoms with Gasteiger partial charge in [-0.2, -0.15) is 0 Å². The first-order chi connectivity index (χ1) is 10.0. The first-order valence-electron chi connectivity index (χ1n) is 7.36. The number of methoxy groups -OCH3 is 1. The van der Waals surface area contributed by atoms with Crippen LogP contribution in [-0.2, 0) is 6.54 Å². The number of nitro benzene ring substituents is 1. The van der Waals surface area contributed by atoms with Gasteiger partial charge < -0.3 is 4.74 Å². The van der Waals surface area contributed by atoms with Gasteiger partial charge in [0.05, 0.1) is 12.0 Å². The SMILES string of the molecule is COc1ccc(CNN2C(C)CCCC2C)cc1[N+](=O)[O-]. The molecule has 0 bridgehead atoms. The Morgan fingerprint density at radius 3 is 2.62 bits per heavy atom. The van der Waals surface area contributed by atoms with Gasteiger partial charge in [0.2, 0.25) is 0 Å². The van der Waals surface area contributed by atoms with Crippen LogP contribution in [0.25, 0.3) is 0 Å². The van der Waals surface area contributed by atoms with Gasteiger partial charge in [-0.15, -0.1) is 0 Å². The monoisotopic (exact) mass is 293 g/mol. The number of hydrazine groups is 1. The molecule has 116 valence electrons. The third-order valence-electron chi connectivity index (χ3n) is 4.10. The molecule has 1 saturated heterocycles. The Morgan fingerprint density at radius 2 is 2.05 bits per heavy atom. The molecule has 0 saturated carbocycles. The summed E-state index contributed by atoms with van der Waals surface area (Å²) in [5.41, 5.74) is 4.30. The van der Waals surface area contributed by atoms with Gasteiger partial charge >= 0.3 is 5.69 Å². The van der Waals surface area contributed by atoms with Crippen LogP contribution in [0.2, 0.25) is 0 Å². The third kappa shape index (κ3) is 3.71. The van der Waals surface area contributed by atoms with Gasteiger partial charge in [0.1, 0.15) is 0 Å². The lowest BCUT2D eigenvalue weighted by atomic mass is 10.00. The molecular formula is C15H23N3O3. The van der Waals surface area contributed by atoms with E-state index in [1.165, 1.54) is 26.4 Å². The second-order valence-corrected chi connectivity index (χ2v) is 5.63. The van der Waals surface area contributed by atoms with Crippen molar-refractivity contribution in [2.24, 2.45) is 0 Å². The number of nitro groups is 1. The number of piperidine rings is 1. The van der Waals surface area contributed by atoms with Gasteiger partial charge in [-0.1, -0.05) is 12.5 Å². The molecule has 6 nitrogen and oxygen atoms in total. The lowest BCUT2D eigenvalue weighted by Crippen LogP contribution is -2.51. The van der Waals surface area contributed by atoms with E-state index in [4.69, 9.17) is 4.74 Å². The van der Waals surface area contributed by atoms with Crippen molar-refractivity contribution in [3.63, 3.8) is 0 Å². The molecule has 0 aliphatic carbocycles. The van der Waals surface area contributed by atoms with E-state index in [9.17, 15) is 10.1 Å². The second kappa shape index (κ2) is 6.87. The molecule has 0 radical (unpaired) electrons. The summed E-state index contributed by atoms with van der Waals surface area (Å²) in [6, 6.07) is 6.06. The molecule has 1 aliphatic heterocycles. The number of nitrogens with zero attached hydrogens (tertiary/aromatic N) is 2. The second-order valence-electron chi connectivity index (χ2n) is 5.63. The van der Waals surface area contributed by atoms with Gasteiger partial charge in [0.25, 0.3) is 0 Å². The highest BCUT2D eigenvalue weighted by molar-refractivity contribution is 5.48. The topological polar surface area (TPSA) is 67.6 Å². The standard InChI is InChI=1S/C15H23N3O3/c1-11-5-4-6-12(2)17(11)16-10-13-7-8-15(21-3)14(9-13)18(19)20/h7-9,11-12,16H,4-6,10H2,1-3H3. The lowest BCUT2D eigenvalue weighted by Gasteiger charge is -2.39. The van der Waals surface area contributed by atoms with Crippen LogP contribution in [-0.4, -0.2) is 29.1 Å². The van der Waals surface area contributed by atoms with E-state index in [-0.39, 0.29) is 5.69 Å². The molecule has 2 rings (SSSR count). The van der Waals surface area contributed by atoms with Crippen LogP contribution in [0, 0.1) is 10.1 Å². The quantitative estimate of drug-likeness (QED) is 0.668. The van der Waals surface area contributed by atoms with Gasteiger partial charge in [0, 0.05) is 24.7 Å². The molecule has 1 aromatic carbocycles. The summed E-state index contributed by atoms with van der Waals surface area (Å²) >= 11 is 0. The van der Waals surface area contributed by atoms with Crippen LogP contribution >= 0.6 is 0 Å². The molecule has 0 spiro atoms. The van der Waals surface area contributed by atoms with E-state index < -0.39 is 4.92 Å². The van der Waals surface area contributed by atoms with Crippen molar-refractivity contribution in [1.29, 1.82) is 0 Å².